The van der Waals surface area contributed by atoms with Crippen LogP contribution in [0.3, 0.4) is 0 Å². The van der Waals surface area contributed by atoms with E-state index in [0.29, 0.717) is 11.1 Å². The minimum atomic E-state index is -2.72. The third-order valence-electron chi connectivity index (χ3n) is 11.1. The Morgan fingerprint density at radius 1 is 0.446 bits per heavy atom. The van der Waals surface area contributed by atoms with Gasteiger partial charge in [-0.05, 0) is 68.3 Å². The van der Waals surface area contributed by atoms with E-state index >= 15 is 0 Å². The van der Waals surface area contributed by atoms with Gasteiger partial charge in [-0.2, -0.15) is 0 Å². The Balaban J connectivity index is 1.15. The molecule has 0 aliphatic carbocycles. The third-order valence-corrected chi connectivity index (χ3v) is 16.0. The highest BCUT2D eigenvalue weighted by Crippen LogP contribution is 2.41. The van der Waals surface area contributed by atoms with Crippen LogP contribution >= 0.6 is 0 Å². The summed E-state index contributed by atoms with van der Waals surface area (Å²) in [5.41, 5.74) is 9.75. The van der Waals surface area contributed by atoms with Gasteiger partial charge in [0.05, 0.1) is 11.2 Å². The maximum atomic E-state index is 13.2. The van der Waals surface area contributed by atoms with Crippen LogP contribution in [0.25, 0.3) is 33.3 Å². The lowest BCUT2D eigenvalue weighted by molar-refractivity contribution is 0.103. The van der Waals surface area contributed by atoms with Gasteiger partial charge in [0.2, 0.25) is 0 Å². The Morgan fingerprint density at radius 3 is 1.54 bits per heavy atom. The van der Waals surface area contributed by atoms with Crippen LogP contribution in [0.4, 0.5) is 17.1 Å². The second-order valence-electron chi connectivity index (χ2n) is 14.2. The third kappa shape index (κ3) is 5.50. The van der Waals surface area contributed by atoms with Crippen LogP contribution in [0.1, 0.15) is 15.9 Å². The smallest absolute Gasteiger partial charge is 0.193 e. The molecular weight excluding hydrogens is 697 g/mol. The molecule has 0 radical (unpaired) electrons. The normalized spacial score (nSPS) is 12.8. The predicted molar refractivity (Wildman–Crippen MR) is 234 cm³/mol. The van der Waals surface area contributed by atoms with E-state index in [1.807, 2.05) is 54.6 Å². The van der Waals surface area contributed by atoms with Crippen LogP contribution in [-0.2, 0) is 0 Å². The molecule has 0 fully saturated rings. The second-order valence-corrected chi connectivity index (χ2v) is 18.0. The van der Waals surface area contributed by atoms with E-state index < -0.39 is 8.07 Å². The van der Waals surface area contributed by atoms with Crippen molar-refractivity contribution < 1.29 is 4.79 Å². The van der Waals surface area contributed by atoms with Gasteiger partial charge >= 0.3 is 0 Å². The van der Waals surface area contributed by atoms with Gasteiger partial charge < -0.3 is 4.90 Å². The zero-order chi connectivity index (χ0) is 37.5. The van der Waals surface area contributed by atoms with Crippen molar-refractivity contribution in [2.45, 2.75) is 0 Å². The first-order valence-electron chi connectivity index (χ1n) is 19.0. The maximum Gasteiger partial charge on any atom is 0.193 e. The van der Waals surface area contributed by atoms with Gasteiger partial charge in [-0.1, -0.05) is 182 Å². The number of hydrogen-bond donors (Lipinski definition) is 0. The van der Waals surface area contributed by atoms with Crippen molar-refractivity contribution in [1.82, 2.24) is 4.98 Å². The Hall–Kier alpha value is -7.14. The molecule has 56 heavy (non-hydrogen) atoms. The number of benzene rings is 8. The van der Waals surface area contributed by atoms with Crippen molar-refractivity contribution in [3.63, 3.8) is 0 Å². The van der Waals surface area contributed by atoms with Crippen molar-refractivity contribution in [3.05, 3.63) is 230 Å². The SMILES string of the molecule is O=C(c1ccccc1)c1ccc(-c2cc(-c3ccccc3)c3cc(N4c5ccccc5[Si](c5ccccc5)(c5ccccc5)c5ccccc54)ccc3n2)cc1. The first kappa shape index (κ1) is 33.4. The number of ketones is 1. The van der Waals surface area contributed by atoms with Gasteiger partial charge in [0, 0.05) is 39.1 Å². The number of nitrogens with zero attached hydrogens (tertiary/aromatic N) is 2. The Bertz CT molecular complexity index is 2770. The average Bonchev–Trinajstić information content (AvgIpc) is 3.28. The Labute approximate surface area is 327 Å². The Kier molecular flexibility index (Phi) is 8.31. The van der Waals surface area contributed by atoms with Crippen LogP contribution in [0.2, 0.25) is 0 Å². The summed E-state index contributed by atoms with van der Waals surface area (Å²) in [6, 6.07) is 76.9. The number of rotatable bonds is 7. The topological polar surface area (TPSA) is 33.2 Å². The van der Waals surface area contributed by atoms with E-state index in [1.54, 1.807) is 0 Å². The molecule has 0 amide bonds. The molecule has 1 aliphatic heterocycles. The van der Waals surface area contributed by atoms with Crippen molar-refractivity contribution in [2.24, 2.45) is 0 Å². The molecule has 0 spiro atoms. The van der Waals surface area contributed by atoms with E-state index in [9.17, 15) is 4.79 Å². The van der Waals surface area contributed by atoms with Crippen molar-refractivity contribution in [1.29, 1.82) is 0 Å². The van der Waals surface area contributed by atoms with Crippen LogP contribution in [0.15, 0.2) is 218 Å². The van der Waals surface area contributed by atoms with Crippen LogP contribution < -0.4 is 25.6 Å². The number of carbonyl (C=O) groups is 1. The number of hydrogen-bond acceptors (Lipinski definition) is 3. The summed E-state index contributed by atoms with van der Waals surface area (Å²) < 4.78 is 0. The molecule has 4 heteroatoms. The molecule has 0 saturated heterocycles. The summed E-state index contributed by atoms with van der Waals surface area (Å²) in [6.07, 6.45) is 0. The summed E-state index contributed by atoms with van der Waals surface area (Å²) in [7, 11) is -2.72. The van der Waals surface area contributed by atoms with Gasteiger partial charge in [0.1, 0.15) is 0 Å². The van der Waals surface area contributed by atoms with Crippen molar-refractivity contribution >= 4 is 62.6 Å². The fraction of sp³-hybridized carbons (Fsp3) is 0. The average molecular weight is 733 g/mol. The first-order chi connectivity index (χ1) is 27.7. The molecule has 0 atom stereocenters. The summed E-state index contributed by atoms with van der Waals surface area (Å²) in [5, 5.41) is 6.53. The van der Waals surface area contributed by atoms with Crippen LogP contribution in [0.5, 0.6) is 0 Å². The molecule has 0 N–H and O–H groups in total. The largest absolute Gasteiger partial charge is 0.311 e. The minimum absolute atomic E-state index is 0.00873. The highest BCUT2D eigenvalue weighted by Gasteiger charge is 2.48. The number of anilines is 3. The lowest BCUT2D eigenvalue weighted by Gasteiger charge is -2.45. The molecule has 1 aliphatic rings. The quantitative estimate of drug-likeness (QED) is 0.121. The van der Waals surface area contributed by atoms with Crippen molar-refractivity contribution in [2.75, 3.05) is 4.90 Å². The zero-order valence-corrected chi connectivity index (χ0v) is 31.6. The molecular formula is C52H36N2OSi. The van der Waals surface area contributed by atoms with Crippen LogP contribution in [-0.4, -0.2) is 18.8 Å². The molecule has 10 rings (SSSR count). The van der Waals surface area contributed by atoms with E-state index in [1.165, 1.54) is 32.1 Å². The number of pyridine rings is 1. The van der Waals surface area contributed by atoms with Gasteiger partial charge in [0.25, 0.3) is 0 Å². The molecule has 2 heterocycles. The summed E-state index contributed by atoms with van der Waals surface area (Å²) in [4.78, 5) is 20.9. The lowest BCUT2D eigenvalue weighted by Crippen LogP contribution is -2.77. The van der Waals surface area contributed by atoms with Crippen LogP contribution in [0, 0.1) is 0 Å². The number of para-hydroxylation sites is 2. The molecule has 264 valence electrons. The van der Waals surface area contributed by atoms with E-state index in [-0.39, 0.29) is 5.78 Å². The van der Waals surface area contributed by atoms with Gasteiger partial charge in [-0.25, -0.2) is 4.98 Å². The molecule has 1 aromatic heterocycles. The second kappa shape index (κ2) is 13.9. The standard InChI is InChI=1S/C52H36N2OSi/c55-52(39-19-7-2-8-20-39)40-31-29-38(30-32-40)47-36-44(37-17-5-1-6-18-37)45-35-41(33-34-46(45)53-47)54-48-25-13-15-27-50(48)56(42-21-9-3-10-22-42,43-23-11-4-12-24-43)51-28-16-14-26-49(51)54/h1-36H. The predicted octanol–water partition coefficient (Wildman–Crippen LogP) is 9.96. The maximum absolute atomic E-state index is 13.2. The van der Waals surface area contributed by atoms with Crippen molar-refractivity contribution in [3.8, 4) is 22.4 Å². The summed E-state index contributed by atoms with van der Waals surface area (Å²) in [5.74, 6) is 0.00873. The lowest BCUT2D eigenvalue weighted by atomic mass is 9.96. The molecule has 3 nitrogen and oxygen atoms in total. The molecule has 0 unspecified atom stereocenters. The summed E-state index contributed by atoms with van der Waals surface area (Å²) in [6.45, 7) is 0. The van der Waals surface area contributed by atoms with E-state index in [2.05, 4.69) is 169 Å². The van der Waals surface area contributed by atoms with Gasteiger partial charge in [-0.15, -0.1) is 0 Å². The Morgan fingerprint density at radius 2 is 0.946 bits per heavy atom. The first-order valence-corrected chi connectivity index (χ1v) is 21.0. The summed E-state index contributed by atoms with van der Waals surface area (Å²) >= 11 is 0. The van der Waals surface area contributed by atoms with E-state index in [4.69, 9.17) is 4.98 Å². The van der Waals surface area contributed by atoms with E-state index in [0.717, 1.165) is 39.0 Å². The minimum Gasteiger partial charge on any atom is -0.311 e. The van der Waals surface area contributed by atoms with Gasteiger partial charge in [0.15, 0.2) is 13.9 Å². The number of aromatic nitrogens is 1. The molecule has 9 aromatic rings. The zero-order valence-electron chi connectivity index (χ0n) is 30.6. The molecule has 0 bridgehead atoms. The monoisotopic (exact) mass is 732 g/mol. The van der Waals surface area contributed by atoms with Gasteiger partial charge in [-0.3, -0.25) is 4.79 Å². The fourth-order valence-corrected chi connectivity index (χ4v) is 13.7. The number of fused-ring (bicyclic) bond motifs is 3. The highest BCUT2D eigenvalue weighted by molar-refractivity contribution is 7.21. The molecule has 8 aromatic carbocycles. The fourth-order valence-electron chi connectivity index (χ4n) is 8.60. The molecule has 0 saturated carbocycles. The highest BCUT2D eigenvalue weighted by atomic mass is 28.3. The number of carbonyl (C=O) groups excluding carboxylic acids is 1.